The molecule has 1 N–H and O–H groups in total. The molecule has 0 radical (unpaired) electrons. The number of benzene rings is 3. The summed E-state index contributed by atoms with van der Waals surface area (Å²) >= 11 is 6.19. The van der Waals surface area contributed by atoms with Gasteiger partial charge in [-0.3, -0.25) is 9.59 Å². The van der Waals surface area contributed by atoms with Gasteiger partial charge in [0, 0.05) is 10.7 Å². The lowest BCUT2D eigenvalue weighted by atomic mass is 10.0. The van der Waals surface area contributed by atoms with Gasteiger partial charge in [0.15, 0.2) is 0 Å². The Morgan fingerprint density at radius 2 is 1.64 bits per heavy atom. The molecule has 3 aromatic rings. The average Bonchev–Trinajstić information content (AvgIpc) is 3.00. The zero-order valence-electron chi connectivity index (χ0n) is 19.0. The molecule has 0 unspecified atom stereocenters. The molecule has 0 bridgehead atoms. The molecular formula is C27H25ClN2O3. The van der Waals surface area contributed by atoms with Gasteiger partial charge in [-0.25, -0.2) is 4.90 Å². The number of carbonyl (C=O) groups is 2. The number of anilines is 2. The van der Waals surface area contributed by atoms with Crippen molar-refractivity contribution in [2.45, 2.75) is 33.8 Å². The van der Waals surface area contributed by atoms with Crippen molar-refractivity contribution >= 4 is 40.4 Å². The Bertz CT molecular complexity index is 1260. The van der Waals surface area contributed by atoms with E-state index in [2.05, 4.69) is 5.32 Å². The molecule has 0 fully saturated rings. The molecular weight excluding hydrogens is 436 g/mol. The first-order valence-electron chi connectivity index (χ1n) is 10.7. The Labute approximate surface area is 198 Å². The van der Waals surface area contributed by atoms with Crippen molar-refractivity contribution in [3.63, 3.8) is 0 Å². The fourth-order valence-electron chi connectivity index (χ4n) is 3.75. The van der Waals surface area contributed by atoms with Crippen LogP contribution in [0.5, 0.6) is 5.75 Å². The molecule has 0 spiro atoms. The fourth-order valence-corrected chi connectivity index (χ4v) is 3.92. The molecule has 0 saturated carbocycles. The first kappa shape index (κ1) is 22.6. The number of nitrogens with one attached hydrogen (secondary N) is 1. The molecule has 0 atom stereocenters. The van der Waals surface area contributed by atoms with Crippen molar-refractivity contribution in [3.8, 4) is 5.75 Å². The van der Waals surface area contributed by atoms with Gasteiger partial charge in [-0.15, -0.1) is 0 Å². The van der Waals surface area contributed by atoms with Crippen LogP contribution in [0.2, 0.25) is 5.02 Å². The van der Waals surface area contributed by atoms with Crippen molar-refractivity contribution in [2.24, 2.45) is 0 Å². The molecule has 168 valence electrons. The molecule has 2 amide bonds. The lowest BCUT2D eigenvalue weighted by Gasteiger charge is -2.16. The van der Waals surface area contributed by atoms with Crippen LogP contribution in [0.1, 0.15) is 30.5 Å². The molecule has 33 heavy (non-hydrogen) atoms. The van der Waals surface area contributed by atoms with Crippen LogP contribution in [0, 0.1) is 13.8 Å². The number of ether oxygens (including phenoxy) is 1. The summed E-state index contributed by atoms with van der Waals surface area (Å²) in [4.78, 5) is 28.4. The molecule has 1 aliphatic rings. The van der Waals surface area contributed by atoms with Crippen LogP contribution in [-0.2, 0) is 9.59 Å². The van der Waals surface area contributed by atoms with Crippen molar-refractivity contribution in [2.75, 3.05) is 10.2 Å². The number of halogens is 1. The number of amides is 2. The Balaban J connectivity index is 1.81. The van der Waals surface area contributed by atoms with Gasteiger partial charge in [0.2, 0.25) is 0 Å². The summed E-state index contributed by atoms with van der Waals surface area (Å²) < 4.78 is 5.73. The zero-order valence-corrected chi connectivity index (χ0v) is 19.7. The number of aryl methyl sites for hydroxylation is 2. The van der Waals surface area contributed by atoms with E-state index in [-0.39, 0.29) is 17.7 Å². The summed E-state index contributed by atoms with van der Waals surface area (Å²) in [6.45, 7) is 7.73. The minimum Gasteiger partial charge on any atom is -0.491 e. The van der Waals surface area contributed by atoms with Gasteiger partial charge >= 0.3 is 0 Å². The number of nitrogens with zero attached hydrogens (tertiary/aromatic N) is 1. The topological polar surface area (TPSA) is 58.6 Å². The van der Waals surface area contributed by atoms with Crippen LogP contribution in [0.3, 0.4) is 0 Å². The van der Waals surface area contributed by atoms with Crippen molar-refractivity contribution < 1.29 is 14.3 Å². The first-order chi connectivity index (χ1) is 15.7. The van der Waals surface area contributed by atoms with Crippen molar-refractivity contribution in [1.82, 2.24) is 0 Å². The van der Waals surface area contributed by atoms with E-state index in [0.717, 1.165) is 11.1 Å². The van der Waals surface area contributed by atoms with Gasteiger partial charge in [-0.05, 0) is 80.8 Å². The smallest absolute Gasteiger partial charge is 0.282 e. The van der Waals surface area contributed by atoms with Crippen LogP contribution in [0.25, 0.3) is 5.57 Å². The molecule has 4 rings (SSSR count). The van der Waals surface area contributed by atoms with E-state index in [1.807, 2.05) is 52.0 Å². The maximum Gasteiger partial charge on any atom is 0.282 e. The number of rotatable bonds is 6. The standard InChI is InChI=1S/C27H25ClN2O3/c1-16(2)33-22-12-9-19(10-13-22)24-25(29-23-15-20(28)11-8-18(23)4)27(32)30(26(24)31)21-7-5-6-17(3)14-21/h5-16,29H,1-4H3. The highest BCUT2D eigenvalue weighted by Crippen LogP contribution is 2.35. The predicted octanol–water partition coefficient (Wildman–Crippen LogP) is 6.14. The number of carbonyl (C=O) groups excluding carboxylic acids is 2. The molecule has 3 aromatic carbocycles. The molecule has 0 aliphatic carbocycles. The summed E-state index contributed by atoms with van der Waals surface area (Å²) in [7, 11) is 0. The normalized spacial score (nSPS) is 13.8. The van der Waals surface area contributed by atoms with Crippen LogP contribution < -0.4 is 15.0 Å². The van der Waals surface area contributed by atoms with Gasteiger partial charge in [0.25, 0.3) is 11.8 Å². The lowest BCUT2D eigenvalue weighted by Crippen LogP contribution is -2.32. The summed E-state index contributed by atoms with van der Waals surface area (Å²) in [5, 5.41) is 3.73. The van der Waals surface area contributed by atoms with Crippen molar-refractivity contribution in [3.05, 3.63) is 94.1 Å². The maximum absolute atomic E-state index is 13.6. The van der Waals surface area contributed by atoms with E-state index >= 15 is 0 Å². The van der Waals surface area contributed by atoms with Crippen LogP contribution >= 0.6 is 11.6 Å². The van der Waals surface area contributed by atoms with E-state index < -0.39 is 5.91 Å². The van der Waals surface area contributed by atoms with E-state index in [4.69, 9.17) is 16.3 Å². The van der Waals surface area contributed by atoms with E-state index in [1.165, 1.54) is 4.90 Å². The highest BCUT2D eigenvalue weighted by atomic mass is 35.5. The first-order valence-corrected chi connectivity index (χ1v) is 11.1. The third-order valence-electron chi connectivity index (χ3n) is 5.32. The molecule has 5 nitrogen and oxygen atoms in total. The SMILES string of the molecule is Cc1cccc(N2C(=O)C(Nc3cc(Cl)ccc3C)=C(c3ccc(OC(C)C)cc3)C2=O)c1. The number of imide groups is 1. The second kappa shape index (κ2) is 9.12. The summed E-state index contributed by atoms with van der Waals surface area (Å²) in [5.41, 5.74) is 4.20. The molecule has 0 aromatic heterocycles. The van der Waals surface area contributed by atoms with E-state index in [1.54, 1.807) is 42.5 Å². The van der Waals surface area contributed by atoms with Crippen LogP contribution in [0.4, 0.5) is 11.4 Å². The third kappa shape index (κ3) is 4.64. The number of hydrogen-bond acceptors (Lipinski definition) is 4. The largest absolute Gasteiger partial charge is 0.491 e. The fraction of sp³-hybridized carbons (Fsp3) is 0.185. The molecule has 1 aliphatic heterocycles. The minimum absolute atomic E-state index is 0.0320. The van der Waals surface area contributed by atoms with Crippen LogP contribution in [0.15, 0.2) is 72.4 Å². The monoisotopic (exact) mass is 460 g/mol. The maximum atomic E-state index is 13.6. The Hall–Kier alpha value is -3.57. The van der Waals surface area contributed by atoms with Gasteiger partial charge in [0.05, 0.1) is 17.4 Å². The average molecular weight is 461 g/mol. The van der Waals surface area contributed by atoms with E-state index in [0.29, 0.717) is 33.3 Å². The third-order valence-corrected chi connectivity index (χ3v) is 5.55. The predicted molar refractivity (Wildman–Crippen MR) is 133 cm³/mol. The quantitative estimate of drug-likeness (QED) is 0.449. The van der Waals surface area contributed by atoms with Crippen LogP contribution in [-0.4, -0.2) is 17.9 Å². The summed E-state index contributed by atoms with van der Waals surface area (Å²) in [5.74, 6) is -0.102. The Morgan fingerprint density at radius 3 is 2.30 bits per heavy atom. The highest BCUT2D eigenvalue weighted by molar-refractivity contribution is 6.46. The molecule has 0 saturated heterocycles. The molecule has 6 heteroatoms. The highest BCUT2D eigenvalue weighted by Gasteiger charge is 2.40. The number of hydrogen-bond donors (Lipinski definition) is 1. The van der Waals surface area contributed by atoms with Gasteiger partial charge in [-0.1, -0.05) is 41.9 Å². The summed E-state index contributed by atoms with van der Waals surface area (Å²) in [6.07, 6.45) is 0.0320. The van der Waals surface area contributed by atoms with E-state index in [9.17, 15) is 9.59 Å². The van der Waals surface area contributed by atoms with Gasteiger partial charge in [-0.2, -0.15) is 0 Å². The lowest BCUT2D eigenvalue weighted by molar-refractivity contribution is -0.120. The Kier molecular flexibility index (Phi) is 6.25. The van der Waals surface area contributed by atoms with Crippen molar-refractivity contribution in [1.29, 1.82) is 0 Å². The zero-order chi connectivity index (χ0) is 23.7. The second-order valence-corrected chi connectivity index (χ2v) is 8.75. The molecule has 1 heterocycles. The van der Waals surface area contributed by atoms with Gasteiger partial charge < -0.3 is 10.1 Å². The second-order valence-electron chi connectivity index (χ2n) is 8.31. The van der Waals surface area contributed by atoms with Gasteiger partial charge in [0.1, 0.15) is 11.4 Å². The summed E-state index contributed by atoms with van der Waals surface area (Å²) in [6, 6.07) is 19.9. The minimum atomic E-state index is -0.414. The Morgan fingerprint density at radius 1 is 0.909 bits per heavy atom.